The average molecular weight is 252 g/mol. The zero-order chi connectivity index (χ0) is 13.4. The molecule has 5 heteroatoms. The van der Waals surface area contributed by atoms with Crippen molar-refractivity contribution in [2.24, 2.45) is 0 Å². The molecule has 3 N–H and O–H groups in total. The van der Waals surface area contributed by atoms with Crippen molar-refractivity contribution in [2.45, 2.75) is 13.3 Å². The van der Waals surface area contributed by atoms with E-state index in [0.29, 0.717) is 17.9 Å². The van der Waals surface area contributed by atoms with E-state index in [-0.39, 0.29) is 11.7 Å². The third-order valence-corrected chi connectivity index (χ3v) is 2.51. The first-order valence-corrected chi connectivity index (χ1v) is 6.05. The van der Waals surface area contributed by atoms with Crippen LogP contribution in [0.1, 0.15) is 23.7 Å². The van der Waals surface area contributed by atoms with Gasteiger partial charge >= 0.3 is 0 Å². The summed E-state index contributed by atoms with van der Waals surface area (Å²) in [6, 6.07) is 4.60. The highest BCUT2D eigenvalue weighted by molar-refractivity contribution is 5.94. The molecule has 1 aromatic carbocycles. The van der Waals surface area contributed by atoms with Crippen LogP contribution in [-0.2, 0) is 0 Å². The van der Waals surface area contributed by atoms with Gasteiger partial charge in [-0.15, -0.1) is 0 Å². The van der Waals surface area contributed by atoms with E-state index in [4.69, 9.17) is 4.74 Å². The third-order valence-electron chi connectivity index (χ3n) is 2.51. The van der Waals surface area contributed by atoms with Crippen LogP contribution in [0.4, 0.5) is 0 Å². The van der Waals surface area contributed by atoms with Gasteiger partial charge in [0.05, 0.1) is 7.11 Å². The van der Waals surface area contributed by atoms with Crippen LogP contribution in [0.5, 0.6) is 11.5 Å². The molecule has 0 aliphatic rings. The van der Waals surface area contributed by atoms with Gasteiger partial charge in [0.15, 0.2) is 11.5 Å². The molecule has 0 aliphatic heterocycles. The van der Waals surface area contributed by atoms with Crippen molar-refractivity contribution in [3.63, 3.8) is 0 Å². The molecule has 0 unspecified atom stereocenters. The number of amides is 1. The molecule has 5 nitrogen and oxygen atoms in total. The number of ether oxygens (including phenoxy) is 1. The summed E-state index contributed by atoms with van der Waals surface area (Å²) >= 11 is 0. The van der Waals surface area contributed by atoms with Gasteiger partial charge in [0.1, 0.15) is 0 Å². The third kappa shape index (κ3) is 4.25. The van der Waals surface area contributed by atoms with E-state index in [9.17, 15) is 9.90 Å². The number of carbonyl (C=O) groups excluding carboxylic acids is 1. The maximum atomic E-state index is 11.7. The number of phenolic OH excluding ortho intramolecular Hbond substituents is 1. The van der Waals surface area contributed by atoms with Gasteiger partial charge in [-0.1, -0.05) is 6.92 Å². The molecule has 1 amide bonds. The molecule has 0 fully saturated rings. The number of hydrogen-bond acceptors (Lipinski definition) is 4. The summed E-state index contributed by atoms with van der Waals surface area (Å²) in [5.74, 6) is 0.140. The number of rotatable bonds is 7. The van der Waals surface area contributed by atoms with Crippen LogP contribution in [0.3, 0.4) is 0 Å². The van der Waals surface area contributed by atoms with Gasteiger partial charge in [-0.05, 0) is 37.7 Å². The fraction of sp³-hybridized carbons (Fsp3) is 0.462. The number of nitrogens with one attached hydrogen (secondary N) is 2. The molecule has 0 heterocycles. The molecular formula is C13H20N2O3. The fourth-order valence-corrected chi connectivity index (χ4v) is 1.53. The topological polar surface area (TPSA) is 70.6 Å². The highest BCUT2D eigenvalue weighted by Crippen LogP contribution is 2.25. The van der Waals surface area contributed by atoms with Crippen molar-refractivity contribution in [2.75, 3.05) is 26.7 Å². The maximum Gasteiger partial charge on any atom is 0.251 e. The largest absolute Gasteiger partial charge is 0.504 e. The average Bonchev–Trinajstić information content (AvgIpc) is 2.38. The van der Waals surface area contributed by atoms with E-state index in [1.807, 2.05) is 6.92 Å². The summed E-state index contributed by atoms with van der Waals surface area (Å²) in [4.78, 5) is 11.7. The van der Waals surface area contributed by atoms with E-state index >= 15 is 0 Å². The number of aromatic hydroxyl groups is 1. The number of benzene rings is 1. The highest BCUT2D eigenvalue weighted by atomic mass is 16.5. The van der Waals surface area contributed by atoms with Crippen molar-refractivity contribution in [1.29, 1.82) is 0 Å². The molecule has 0 aromatic heterocycles. The first-order valence-electron chi connectivity index (χ1n) is 6.05. The second-order valence-corrected chi connectivity index (χ2v) is 3.85. The number of methoxy groups -OCH3 is 1. The Bertz CT molecular complexity index is 394. The van der Waals surface area contributed by atoms with Crippen molar-refractivity contribution in [1.82, 2.24) is 10.6 Å². The zero-order valence-electron chi connectivity index (χ0n) is 10.8. The predicted molar refractivity (Wildman–Crippen MR) is 70.2 cm³/mol. The Balaban J connectivity index is 2.44. The Kier molecular flexibility index (Phi) is 6.00. The molecule has 0 saturated carbocycles. The van der Waals surface area contributed by atoms with Crippen LogP contribution in [0, 0.1) is 0 Å². The van der Waals surface area contributed by atoms with Crippen LogP contribution < -0.4 is 15.4 Å². The molecule has 0 saturated heterocycles. The van der Waals surface area contributed by atoms with Crippen molar-refractivity contribution >= 4 is 5.91 Å². The molecular weight excluding hydrogens is 232 g/mol. The Morgan fingerprint density at radius 2 is 2.17 bits per heavy atom. The van der Waals surface area contributed by atoms with Gasteiger partial charge in [0.25, 0.3) is 5.91 Å². The smallest absolute Gasteiger partial charge is 0.251 e. The molecule has 100 valence electrons. The quantitative estimate of drug-likeness (QED) is 0.636. The Hall–Kier alpha value is -1.75. The maximum absolute atomic E-state index is 11.7. The minimum absolute atomic E-state index is 0.0298. The van der Waals surface area contributed by atoms with Gasteiger partial charge in [-0.2, -0.15) is 0 Å². The van der Waals surface area contributed by atoms with Crippen LogP contribution in [0.15, 0.2) is 18.2 Å². The Morgan fingerprint density at radius 3 is 2.78 bits per heavy atom. The lowest BCUT2D eigenvalue weighted by atomic mass is 10.2. The molecule has 0 spiro atoms. The van der Waals surface area contributed by atoms with Gasteiger partial charge in [-0.25, -0.2) is 0 Å². The number of phenols is 1. The highest BCUT2D eigenvalue weighted by Gasteiger charge is 2.08. The minimum Gasteiger partial charge on any atom is -0.504 e. The van der Waals surface area contributed by atoms with E-state index in [0.717, 1.165) is 19.5 Å². The van der Waals surface area contributed by atoms with Gasteiger partial charge in [0.2, 0.25) is 0 Å². The van der Waals surface area contributed by atoms with Crippen molar-refractivity contribution in [3.05, 3.63) is 23.8 Å². The van der Waals surface area contributed by atoms with E-state index in [2.05, 4.69) is 10.6 Å². The Morgan fingerprint density at radius 1 is 1.39 bits per heavy atom. The zero-order valence-corrected chi connectivity index (χ0v) is 10.8. The molecule has 0 bridgehead atoms. The second-order valence-electron chi connectivity index (χ2n) is 3.85. The van der Waals surface area contributed by atoms with Crippen molar-refractivity contribution < 1.29 is 14.6 Å². The van der Waals surface area contributed by atoms with Crippen molar-refractivity contribution in [3.8, 4) is 11.5 Å². The van der Waals surface area contributed by atoms with Crippen LogP contribution >= 0.6 is 0 Å². The van der Waals surface area contributed by atoms with Gasteiger partial charge in [-0.3, -0.25) is 4.79 Å². The number of carbonyl (C=O) groups is 1. The fourth-order valence-electron chi connectivity index (χ4n) is 1.53. The van der Waals surface area contributed by atoms with Crippen LogP contribution in [0.2, 0.25) is 0 Å². The molecule has 0 atom stereocenters. The lowest BCUT2D eigenvalue weighted by molar-refractivity contribution is 0.0953. The summed E-state index contributed by atoms with van der Waals surface area (Å²) in [6.45, 7) is 4.46. The first-order chi connectivity index (χ1) is 8.69. The molecule has 0 aliphatic carbocycles. The summed E-state index contributed by atoms with van der Waals surface area (Å²) in [7, 11) is 1.47. The monoisotopic (exact) mass is 252 g/mol. The minimum atomic E-state index is -0.190. The predicted octanol–water partition coefficient (Wildman–Crippen LogP) is 1.13. The number of hydrogen-bond donors (Lipinski definition) is 3. The second kappa shape index (κ2) is 7.55. The standard InChI is InChI=1S/C13H20N2O3/c1-3-14-7-4-8-15-13(17)10-5-6-12(18-2)11(16)9-10/h5-6,9,14,16H,3-4,7-8H2,1-2H3,(H,15,17). The molecule has 18 heavy (non-hydrogen) atoms. The lowest BCUT2D eigenvalue weighted by Gasteiger charge is -2.07. The molecule has 1 aromatic rings. The normalized spacial score (nSPS) is 10.1. The summed E-state index contributed by atoms with van der Waals surface area (Å²) in [5, 5.41) is 15.5. The van der Waals surface area contributed by atoms with Gasteiger partial charge in [0, 0.05) is 12.1 Å². The van der Waals surface area contributed by atoms with Crippen LogP contribution in [0.25, 0.3) is 0 Å². The van der Waals surface area contributed by atoms with E-state index in [1.165, 1.54) is 13.2 Å². The van der Waals surface area contributed by atoms with Crippen LogP contribution in [-0.4, -0.2) is 37.8 Å². The molecule has 0 radical (unpaired) electrons. The lowest BCUT2D eigenvalue weighted by Crippen LogP contribution is -2.27. The summed E-state index contributed by atoms with van der Waals surface area (Å²) in [5.41, 5.74) is 0.428. The summed E-state index contributed by atoms with van der Waals surface area (Å²) in [6.07, 6.45) is 0.877. The van der Waals surface area contributed by atoms with Gasteiger partial charge < -0.3 is 20.5 Å². The SMILES string of the molecule is CCNCCCNC(=O)c1ccc(OC)c(O)c1. The Labute approximate surface area is 107 Å². The molecule has 1 rings (SSSR count). The first kappa shape index (κ1) is 14.3. The summed E-state index contributed by atoms with van der Waals surface area (Å²) < 4.78 is 4.92. The van der Waals surface area contributed by atoms with E-state index < -0.39 is 0 Å². The van der Waals surface area contributed by atoms with E-state index in [1.54, 1.807) is 12.1 Å².